The molecule has 0 aliphatic carbocycles. The van der Waals surface area contributed by atoms with Crippen molar-refractivity contribution in [1.29, 1.82) is 0 Å². The molecule has 0 bridgehead atoms. The molecule has 0 fully saturated rings. The van der Waals surface area contributed by atoms with Gasteiger partial charge in [-0.3, -0.25) is 4.79 Å². The van der Waals surface area contributed by atoms with Crippen molar-refractivity contribution in [2.24, 2.45) is 5.73 Å². The van der Waals surface area contributed by atoms with Gasteiger partial charge in [-0.25, -0.2) is 0 Å². The van der Waals surface area contributed by atoms with Crippen molar-refractivity contribution in [3.05, 3.63) is 51.5 Å². The summed E-state index contributed by atoms with van der Waals surface area (Å²) in [6.07, 6.45) is 0. The van der Waals surface area contributed by atoms with E-state index in [1.165, 1.54) is 0 Å². The lowest BCUT2D eigenvalue weighted by Gasteiger charge is -2.13. The highest BCUT2D eigenvalue weighted by atomic mass is 79.9. The molecule has 0 radical (unpaired) electrons. The zero-order chi connectivity index (χ0) is 14.9. The molecule has 2 rings (SSSR count). The minimum atomic E-state index is -0.488. The lowest BCUT2D eigenvalue weighted by molar-refractivity contribution is 0.100. The molecule has 2 aromatic carbocycles. The number of rotatable bonds is 3. The van der Waals surface area contributed by atoms with Crippen LogP contribution < -0.4 is 16.8 Å². The lowest BCUT2D eigenvalue weighted by Crippen LogP contribution is -2.13. The number of aryl methyl sites for hydroxylation is 2. The number of carbonyl (C=O) groups excluding carboxylic acids is 1. The Labute approximate surface area is 126 Å². The summed E-state index contributed by atoms with van der Waals surface area (Å²) in [7, 11) is 0. The third-order valence-electron chi connectivity index (χ3n) is 3.02. The van der Waals surface area contributed by atoms with E-state index in [2.05, 4.69) is 21.2 Å². The molecule has 5 N–H and O–H groups in total. The molecule has 2 aromatic rings. The monoisotopic (exact) mass is 333 g/mol. The first-order chi connectivity index (χ1) is 9.38. The van der Waals surface area contributed by atoms with Gasteiger partial charge in [0.1, 0.15) is 0 Å². The zero-order valence-corrected chi connectivity index (χ0v) is 12.9. The van der Waals surface area contributed by atoms with E-state index in [0.717, 1.165) is 21.3 Å². The Hall–Kier alpha value is -2.01. The van der Waals surface area contributed by atoms with Gasteiger partial charge in [-0.1, -0.05) is 15.9 Å². The minimum Gasteiger partial charge on any atom is -0.399 e. The fourth-order valence-electron chi connectivity index (χ4n) is 2.05. The first-order valence-electron chi connectivity index (χ1n) is 6.11. The third kappa shape index (κ3) is 2.93. The second-order valence-electron chi connectivity index (χ2n) is 4.72. The van der Waals surface area contributed by atoms with E-state index in [4.69, 9.17) is 11.5 Å². The third-order valence-corrected chi connectivity index (χ3v) is 4.28. The van der Waals surface area contributed by atoms with Crippen molar-refractivity contribution in [1.82, 2.24) is 0 Å². The lowest BCUT2D eigenvalue weighted by atomic mass is 10.1. The highest BCUT2D eigenvalue weighted by Gasteiger charge is 2.10. The first-order valence-corrected chi connectivity index (χ1v) is 6.91. The Bertz CT molecular complexity index is 660. The fraction of sp³-hybridized carbons (Fsp3) is 0.133. The van der Waals surface area contributed by atoms with E-state index in [-0.39, 0.29) is 0 Å². The van der Waals surface area contributed by atoms with Gasteiger partial charge in [-0.05, 0) is 55.3 Å². The molecule has 0 spiro atoms. The van der Waals surface area contributed by atoms with Gasteiger partial charge in [0.2, 0.25) is 0 Å². The first kappa shape index (κ1) is 14.4. The standard InChI is InChI=1S/C15H16BrN3O/c1-8-5-11(6-9(2)14(8)16)19-13-7-10(17)3-4-12(13)15(18)20/h3-7,19H,17H2,1-2H3,(H2,18,20). The molecule has 104 valence electrons. The van der Waals surface area contributed by atoms with Gasteiger partial charge in [0, 0.05) is 15.8 Å². The second kappa shape index (κ2) is 5.54. The van der Waals surface area contributed by atoms with Gasteiger partial charge in [0.25, 0.3) is 5.91 Å². The number of hydrogen-bond acceptors (Lipinski definition) is 3. The number of amides is 1. The summed E-state index contributed by atoms with van der Waals surface area (Å²) in [5, 5.41) is 3.20. The maximum atomic E-state index is 11.4. The molecule has 0 aliphatic heterocycles. The summed E-state index contributed by atoms with van der Waals surface area (Å²) in [5.74, 6) is -0.488. The van der Waals surface area contributed by atoms with Crippen LogP contribution in [-0.4, -0.2) is 5.91 Å². The normalized spacial score (nSPS) is 10.3. The number of primary amides is 1. The van der Waals surface area contributed by atoms with Gasteiger partial charge in [-0.15, -0.1) is 0 Å². The molecule has 0 saturated carbocycles. The smallest absolute Gasteiger partial charge is 0.250 e. The maximum absolute atomic E-state index is 11.4. The van der Waals surface area contributed by atoms with Gasteiger partial charge in [0.05, 0.1) is 11.3 Å². The van der Waals surface area contributed by atoms with Crippen LogP contribution in [0.15, 0.2) is 34.8 Å². The zero-order valence-electron chi connectivity index (χ0n) is 11.3. The average Bonchev–Trinajstić information content (AvgIpc) is 2.35. The highest BCUT2D eigenvalue weighted by Crippen LogP contribution is 2.29. The van der Waals surface area contributed by atoms with Gasteiger partial charge in [-0.2, -0.15) is 0 Å². The van der Waals surface area contributed by atoms with Crippen LogP contribution in [0, 0.1) is 13.8 Å². The summed E-state index contributed by atoms with van der Waals surface area (Å²) in [4.78, 5) is 11.4. The molecule has 20 heavy (non-hydrogen) atoms. The Morgan fingerprint density at radius 2 is 1.75 bits per heavy atom. The largest absolute Gasteiger partial charge is 0.399 e. The predicted molar refractivity (Wildman–Crippen MR) is 86.3 cm³/mol. The van der Waals surface area contributed by atoms with Crippen molar-refractivity contribution >= 4 is 38.9 Å². The average molecular weight is 334 g/mol. The van der Waals surface area contributed by atoms with E-state index in [1.807, 2.05) is 26.0 Å². The molecule has 0 unspecified atom stereocenters. The number of nitrogens with one attached hydrogen (secondary N) is 1. The number of anilines is 3. The van der Waals surface area contributed by atoms with Crippen molar-refractivity contribution in [3.8, 4) is 0 Å². The van der Waals surface area contributed by atoms with Crippen molar-refractivity contribution in [2.75, 3.05) is 11.1 Å². The van der Waals surface area contributed by atoms with Crippen molar-refractivity contribution < 1.29 is 4.79 Å². The number of benzene rings is 2. The number of halogens is 1. The van der Waals surface area contributed by atoms with Crippen molar-refractivity contribution in [2.45, 2.75) is 13.8 Å². The number of carbonyl (C=O) groups is 1. The van der Waals surface area contributed by atoms with Gasteiger partial charge >= 0.3 is 0 Å². The maximum Gasteiger partial charge on any atom is 0.250 e. The van der Waals surface area contributed by atoms with Crippen LogP contribution in [0.5, 0.6) is 0 Å². The summed E-state index contributed by atoms with van der Waals surface area (Å²) in [5.41, 5.74) is 15.8. The van der Waals surface area contributed by atoms with Gasteiger partial charge in [0.15, 0.2) is 0 Å². The van der Waals surface area contributed by atoms with Crippen molar-refractivity contribution in [3.63, 3.8) is 0 Å². The Morgan fingerprint density at radius 1 is 1.15 bits per heavy atom. The Kier molecular flexibility index (Phi) is 3.99. The number of nitrogens with two attached hydrogens (primary N) is 2. The number of hydrogen-bond donors (Lipinski definition) is 3. The van der Waals surface area contributed by atoms with Crippen LogP contribution in [-0.2, 0) is 0 Å². The van der Waals surface area contributed by atoms with Crippen LogP contribution >= 0.6 is 15.9 Å². The van der Waals surface area contributed by atoms with Crippen LogP contribution in [0.2, 0.25) is 0 Å². The molecule has 5 heteroatoms. The molecular formula is C15H16BrN3O. The molecule has 4 nitrogen and oxygen atoms in total. The summed E-state index contributed by atoms with van der Waals surface area (Å²) in [6.45, 7) is 4.02. The predicted octanol–water partition coefficient (Wildman–Crippen LogP) is 3.49. The van der Waals surface area contributed by atoms with E-state index < -0.39 is 5.91 Å². The molecule has 1 amide bonds. The SMILES string of the molecule is Cc1cc(Nc2cc(N)ccc2C(N)=O)cc(C)c1Br. The molecule has 0 aromatic heterocycles. The highest BCUT2D eigenvalue weighted by molar-refractivity contribution is 9.10. The van der Waals surface area contributed by atoms with Crippen LogP contribution in [0.4, 0.5) is 17.1 Å². The number of nitrogen functional groups attached to an aromatic ring is 1. The van der Waals surface area contributed by atoms with Gasteiger partial charge < -0.3 is 16.8 Å². The molecule has 0 heterocycles. The molecule has 0 aliphatic rings. The fourth-order valence-corrected chi connectivity index (χ4v) is 2.28. The quantitative estimate of drug-likeness (QED) is 0.752. The summed E-state index contributed by atoms with van der Waals surface area (Å²) < 4.78 is 1.07. The Morgan fingerprint density at radius 3 is 2.30 bits per heavy atom. The van der Waals surface area contributed by atoms with E-state index in [9.17, 15) is 4.79 Å². The topological polar surface area (TPSA) is 81.1 Å². The minimum absolute atomic E-state index is 0.414. The van der Waals surface area contributed by atoms with E-state index >= 15 is 0 Å². The summed E-state index contributed by atoms with van der Waals surface area (Å²) in [6, 6.07) is 8.96. The Balaban J connectivity index is 2.44. The molecule has 0 saturated heterocycles. The summed E-state index contributed by atoms with van der Waals surface area (Å²) >= 11 is 3.53. The second-order valence-corrected chi connectivity index (χ2v) is 5.51. The van der Waals surface area contributed by atoms with E-state index in [0.29, 0.717) is 16.9 Å². The molecule has 0 atom stereocenters. The van der Waals surface area contributed by atoms with Crippen LogP contribution in [0.25, 0.3) is 0 Å². The van der Waals surface area contributed by atoms with Crippen LogP contribution in [0.1, 0.15) is 21.5 Å². The van der Waals surface area contributed by atoms with E-state index in [1.54, 1.807) is 18.2 Å². The molecular weight excluding hydrogens is 318 g/mol. The van der Waals surface area contributed by atoms with Crippen LogP contribution in [0.3, 0.4) is 0 Å².